The Morgan fingerprint density at radius 1 is 1.61 bits per heavy atom. The molecule has 1 heterocycles. The summed E-state index contributed by atoms with van der Waals surface area (Å²) in [4.78, 5) is 4.13. The molecule has 3 aliphatic rings. The van der Waals surface area contributed by atoms with E-state index in [1.807, 2.05) is 36.7 Å². The zero-order chi connectivity index (χ0) is 12.6. The third kappa shape index (κ3) is 1.91. The van der Waals surface area contributed by atoms with Crippen molar-refractivity contribution in [1.29, 1.82) is 5.41 Å². The average Bonchev–Trinajstić information content (AvgIpc) is 3.08. The van der Waals surface area contributed by atoms with Gasteiger partial charge >= 0.3 is 0 Å². The van der Waals surface area contributed by atoms with Crippen LogP contribution in [0.1, 0.15) is 20.7 Å². The van der Waals surface area contributed by atoms with E-state index >= 15 is 0 Å². The Kier molecular flexibility index (Phi) is 2.63. The molecule has 2 aliphatic carbocycles. The van der Waals surface area contributed by atoms with E-state index in [0.29, 0.717) is 11.6 Å². The van der Waals surface area contributed by atoms with Gasteiger partial charge in [0.1, 0.15) is 0 Å². The van der Waals surface area contributed by atoms with Crippen LogP contribution in [0.5, 0.6) is 0 Å². The molecule has 3 rings (SSSR count). The van der Waals surface area contributed by atoms with Gasteiger partial charge < -0.3 is 11.1 Å². The number of hydrogen-bond donors (Lipinski definition) is 2. The molecule has 0 saturated heterocycles. The smallest absolute Gasteiger partial charge is 0.0590 e. The van der Waals surface area contributed by atoms with Crippen molar-refractivity contribution in [2.24, 2.45) is 16.6 Å². The second-order valence-corrected chi connectivity index (χ2v) is 5.14. The highest BCUT2D eigenvalue weighted by Gasteiger charge is 2.53. The number of nitrogens with two attached hydrogens (primary N) is 1. The van der Waals surface area contributed by atoms with Crippen LogP contribution in [0.3, 0.4) is 0 Å². The molecule has 3 N–H and O–H groups in total. The lowest BCUT2D eigenvalue weighted by atomic mass is 9.94. The zero-order valence-electron chi connectivity index (χ0n) is 10.3. The first-order valence-corrected chi connectivity index (χ1v) is 6.36. The summed E-state index contributed by atoms with van der Waals surface area (Å²) in [5.41, 5.74) is 8.67. The minimum Gasteiger partial charge on any atom is -0.321 e. The first kappa shape index (κ1) is 11.4. The van der Waals surface area contributed by atoms with Crippen LogP contribution >= 0.6 is 0 Å². The van der Waals surface area contributed by atoms with Crippen molar-refractivity contribution in [3.63, 3.8) is 0 Å². The lowest BCUT2D eigenvalue weighted by molar-refractivity contribution is 0.766. The Morgan fingerprint density at radius 3 is 3.28 bits per heavy atom. The van der Waals surface area contributed by atoms with Gasteiger partial charge in [0.2, 0.25) is 0 Å². The number of allylic oxidation sites excluding steroid dienone is 5. The fourth-order valence-corrected chi connectivity index (χ4v) is 2.56. The van der Waals surface area contributed by atoms with Crippen LogP contribution in [0.2, 0.25) is 0 Å². The molecular weight excluding hydrogens is 222 g/mol. The molecular formula is C15H19N3. The molecule has 0 amide bonds. The van der Waals surface area contributed by atoms with Crippen molar-refractivity contribution < 1.29 is 1.43 Å². The maximum absolute atomic E-state index is 8.15. The summed E-state index contributed by atoms with van der Waals surface area (Å²) in [6, 6.07) is 0. The average molecular weight is 241 g/mol. The number of hydrogen-bond acceptors (Lipinski definition) is 3. The molecule has 1 fully saturated rings. The van der Waals surface area contributed by atoms with Crippen molar-refractivity contribution in [3.8, 4) is 0 Å². The highest BCUT2D eigenvalue weighted by Crippen LogP contribution is 2.49. The second kappa shape index (κ2) is 4.18. The highest BCUT2D eigenvalue weighted by molar-refractivity contribution is 6.09. The van der Waals surface area contributed by atoms with Gasteiger partial charge in [0, 0.05) is 19.8 Å². The normalized spacial score (nSPS) is 33.1. The Bertz CT molecular complexity index is 540. The van der Waals surface area contributed by atoms with E-state index in [4.69, 9.17) is 11.1 Å². The Hall–Kier alpha value is -1.74. The molecule has 0 aromatic carbocycles. The van der Waals surface area contributed by atoms with E-state index in [-0.39, 0.29) is 6.97 Å². The molecule has 2 unspecified atom stereocenters. The van der Waals surface area contributed by atoms with Crippen LogP contribution in [0.4, 0.5) is 0 Å². The lowest BCUT2D eigenvalue weighted by Gasteiger charge is -2.17. The topological polar surface area (TPSA) is 62.2 Å². The summed E-state index contributed by atoms with van der Waals surface area (Å²) in [5.74, 6) is 0.435. The van der Waals surface area contributed by atoms with Gasteiger partial charge in [0.05, 0.1) is 11.3 Å². The largest absolute Gasteiger partial charge is 0.321 e. The fraction of sp³-hybridized carbons (Fsp3) is 0.333. The molecule has 94 valence electrons. The molecule has 1 saturated carbocycles. The third-order valence-corrected chi connectivity index (χ3v) is 3.83. The molecule has 1 aliphatic heterocycles. The van der Waals surface area contributed by atoms with Crippen molar-refractivity contribution >= 4 is 11.9 Å². The number of rotatable bonds is 3. The SMILES string of the molecule is N=C(/C=C/C1=CN=CCC1)C1=CC=CC2CC12N.[HH]. The molecule has 3 heteroatoms. The molecule has 2 atom stereocenters. The lowest BCUT2D eigenvalue weighted by Crippen LogP contribution is -2.31. The van der Waals surface area contributed by atoms with Gasteiger partial charge in [-0.1, -0.05) is 24.3 Å². The summed E-state index contributed by atoms with van der Waals surface area (Å²) >= 11 is 0. The monoisotopic (exact) mass is 241 g/mol. The standard InChI is InChI=1S/C15H17N3.H2/c16-14(7-6-11-3-2-8-18-10-11)13-5-1-4-12-9-15(12,13)17;/h1,4-8,10,12,16H,2-3,9,17H2;1H/b7-6+,16-14?;. The molecule has 0 aromatic heterocycles. The predicted molar refractivity (Wildman–Crippen MR) is 77.0 cm³/mol. The van der Waals surface area contributed by atoms with Crippen LogP contribution in [-0.4, -0.2) is 17.5 Å². The van der Waals surface area contributed by atoms with Crippen LogP contribution in [0.15, 0.2) is 52.7 Å². The summed E-state index contributed by atoms with van der Waals surface area (Å²) in [6.45, 7) is 0. The maximum Gasteiger partial charge on any atom is 0.0590 e. The van der Waals surface area contributed by atoms with E-state index in [2.05, 4.69) is 11.1 Å². The van der Waals surface area contributed by atoms with Gasteiger partial charge in [-0.05, 0) is 36.5 Å². The van der Waals surface area contributed by atoms with Gasteiger partial charge in [0.25, 0.3) is 0 Å². The zero-order valence-corrected chi connectivity index (χ0v) is 10.3. The Morgan fingerprint density at radius 2 is 2.50 bits per heavy atom. The first-order valence-electron chi connectivity index (χ1n) is 6.36. The molecule has 0 aromatic rings. The van der Waals surface area contributed by atoms with Crippen molar-refractivity contribution in [2.75, 3.05) is 0 Å². The van der Waals surface area contributed by atoms with Crippen LogP contribution in [0.25, 0.3) is 0 Å². The second-order valence-electron chi connectivity index (χ2n) is 5.14. The molecule has 0 radical (unpaired) electrons. The van der Waals surface area contributed by atoms with Crippen LogP contribution in [-0.2, 0) is 0 Å². The number of nitrogens with one attached hydrogen (secondary N) is 1. The summed E-state index contributed by atoms with van der Waals surface area (Å²) in [5, 5.41) is 8.15. The van der Waals surface area contributed by atoms with Gasteiger partial charge in [-0.3, -0.25) is 4.99 Å². The van der Waals surface area contributed by atoms with Gasteiger partial charge in [-0.25, -0.2) is 0 Å². The van der Waals surface area contributed by atoms with E-state index in [9.17, 15) is 0 Å². The van der Waals surface area contributed by atoms with Crippen molar-refractivity contribution in [2.45, 2.75) is 24.8 Å². The van der Waals surface area contributed by atoms with E-state index in [0.717, 1.165) is 24.8 Å². The van der Waals surface area contributed by atoms with Crippen LogP contribution in [0, 0.1) is 11.3 Å². The van der Waals surface area contributed by atoms with Crippen LogP contribution < -0.4 is 5.73 Å². The highest BCUT2D eigenvalue weighted by atomic mass is 14.9. The van der Waals surface area contributed by atoms with E-state index < -0.39 is 0 Å². The third-order valence-electron chi connectivity index (χ3n) is 3.83. The fourth-order valence-electron chi connectivity index (χ4n) is 2.56. The summed E-state index contributed by atoms with van der Waals surface area (Å²) in [6.07, 6.45) is 16.7. The van der Waals surface area contributed by atoms with E-state index in [1.165, 1.54) is 5.57 Å². The molecule has 0 bridgehead atoms. The number of fused-ring (bicyclic) bond motifs is 1. The quantitative estimate of drug-likeness (QED) is 0.733. The molecule has 18 heavy (non-hydrogen) atoms. The van der Waals surface area contributed by atoms with E-state index in [1.54, 1.807) is 0 Å². The Labute approximate surface area is 108 Å². The van der Waals surface area contributed by atoms with Crippen molar-refractivity contribution in [3.05, 3.63) is 47.7 Å². The molecule has 3 nitrogen and oxygen atoms in total. The van der Waals surface area contributed by atoms with Gasteiger partial charge in [-0.15, -0.1) is 0 Å². The Balaban J connectivity index is 0.00000133. The predicted octanol–water partition coefficient (Wildman–Crippen LogP) is 2.77. The maximum atomic E-state index is 8.15. The molecule has 0 spiro atoms. The summed E-state index contributed by atoms with van der Waals surface area (Å²) < 4.78 is 0. The van der Waals surface area contributed by atoms with Gasteiger partial charge in [-0.2, -0.15) is 0 Å². The van der Waals surface area contributed by atoms with Gasteiger partial charge in [0.15, 0.2) is 0 Å². The first-order chi connectivity index (χ1) is 8.70. The summed E-state index contributed by atoms with van der Waals surface area (Å²) in [7, 11) is 0. The van der Waals surface area contributed by atoms with Crippen molar-refractivity contribution in [1.82, 2.24) is 0 Å². The minimum absolute atomic E-state index is 0. The number of aliphatic imine (C=N–C) groups is 1. The number of nitrogens with zero attached hydrogens (tertiary/aromatic N) is 1. The minimum atomic E-state index is -0.269.